The average molecular weight is 375 g/mol. The van der Waals surface area contributed by atoms with Gasteiger partial charge in [0, 0.05) is 6.54 Å². The molecule has 140 valence electrons. The molecule has 0 atom stereocenters. The first kappa shape index (κ1) is 19.9. The number of anilines is 1. The Kier molecular flexibility index (Phi) is 6.76. The normalized spacial score (nSPS) is 11.4. The molecule has 0 bridgehead atoms. The number of benzene rings is 2. The summed E-state index contributed by atoms with van der Waals surface area (Å²) >= 11 is 0. The highest BCUT2D eigenvalue weighted by Crippen LogP contribution is 2.20. The van der Waals surface area contributed by atoms with Crippen molar-refractivity contribution >= 4 is 21.6 Å². The van der Waals surface area contributed by atoms with Crippen molar-refractivity contribution in [2.75, 3.05) is 31.9 Å². The van der Waals surface area contributed by atoms with Crippen LogP contribution in [0.4, 0.5) is 5.69 Å². The van der Waals surface area contributed by atoms with Crippen LogP contribution in [-0.2, 0) is 10.0 Å². The molecule has 0 aliphatic rings. The van der Waals surface area contributed by atoms with E-state index >= 15 is 0 Å². The van der Waals surface area contributed by atoms with Crippen LogP contribution in [0.2, 0.25) is 0 Å². The first-order valence-corrected chi connectivity index (χ1v) is 9.89. The lowest BCUT2D eigenvalue weighted by atomic mass is 10.1. The first-order valence-electron chi connectivity index (χ1n) is 8.41. The number of hydrogen-bond donors (Lipinski definition) is 2. The van der Waals surface area contributed by atoms with Crippen molar-refractivity contribution in [3.8, 4) is 0 Å². The fourth-order valence-electron chi connectivity index (χ4n) is 2.38. The van der Waals surface area contributed by atoms with Crippen LogP contribution in [0.1, 0.15) is 22.3 Å². The zero-order valence-corrected chi connectivity index (χ0v) is 16.1. The number of carbonyl (C=O) groups excluding carboxylic acids is 1. The molecule has 0 aliphatic heterocycles. The second kappa shape index (κ2) is 8.82. The molecule has 0 spiro atoms. The Morgan fingerprint density at radius 2 is 1.69 bits per heavy atom. The van der Waals surface area contributed by atoms with Crippen LogP contribution in [0.5, 0.6) is 0 Å². The van der Waals surface area contributed by atoms with Crippen molar-refractivity contribution in [2.45, 2.75) is 18.2 Å². The van der Waals surface area contributed by atoms with Crippen molar-refractivity contribution in [3.63, 3.8) is 0 Å². The minimum absolute atomic E-state index is 0.157. The van der Waals surface area contributed by atoms with Crippen LogP contribution in [0.25, 0.3) is 0 Å². The Labute approximate surface area is 155 Å². The number of aryl methyl sites for hydroxylation is 1. The third-order valence-corrected chi connectivity index (χ3v) is 5.20. The van der Waals surface area contributed by atoms with Crippen molar-refractivity contribution in [3.05, 3.63) is 59.7 Å². The van der Waals surface area contributed by atoms with E-state index in [0.717, 1.165) is 18.5 Å². The van der Waals surface area contributed by atoms with E-state index in [1.54, 1.807) is 48.5 Å². The van der Waals surface area contributed by atoms with E-state index in [1.165, 1.54) is 0 Å². The molecule has 7 heteroatoms. The molecule has 2 aromatic rings. The van der Waals surface area contributed by atoms with Gasteiger partial charge in [-0.05, 0) is 58.3 Å². The highest BCUT2D eigenvalue weighted by molar-refractivity contribution is 7.92. The molecule has 0 saturated heterocycles. The van der Waals surface area contributed by atoms with Gasteiger partial charge in [-0.15, -0.1) is 0 Å². The molecule has 0 aromatic heterocycles. The molecule has 0 heterocycles. The first-order chi connectivity index (χ1) is 12.3. The van der Waals surface area contributed by atoms with Gasteiger partial charge in [-0.25, -0.2) is 8.42 Å². The summed E-state index contributed by atoms with van der Waals surface area (Å²) in [6.07, 6.45) is 0.815. The van der Waals surface area contributed by atoms with E-state index in [-0.39, 0.29) is 16.5 Å². The van der Waals surface area contributed by atoms with Crippen LogP contribution in [0, 0.1) is 6.92 Å². The monoisotopic (exact) mass is 375 g/mol. The summed E-state index contributed by atoms with van der Waals surface area (Å²) in [5, 5.41) is 2.83. The summed E-state index contributed by atoms with van der Waals surface area (Å²) in [4.78, 5) is 14.6. The van der Waals surface area contributed by atoms with Crippen LogP contribution < -0.4 is 10.0 Å². The quantitative estimate of drug-likeness (QED) is 0.695. The summed E-state index contributed by atoms with van der Waals surface area (Å²) in [6, 6.07) is 13.1. The van der Waals surface area contributed by atoms with E-state index < -0.39 is 10.0 Å². The lowest BCUT2D eigenvalue weighted by Gasteiger charge is -2.14. The van der Waals surface area contributed by atoms with Gasteiger partial charge in [-0.1, -0.05) is 29.8 Å². The fourth-order valence-corrected chi connectivity index (χ4v) is 3.46. The Morgan fingerprint density at radius 3 is 2.35 bits per heavy atom. The summed E-state index contributed by atoms with van der Waals surface area (Å²) in [5.41, 5.74) is 1.53. The molecule has 0 saturated carbocycles. The molecule has 2 aromatic carbocycles. The third kappa shape index (κ3) is 5.57. The number of hydrogen-bond acceptors (Lipinski definition) is 4. The van der Waals surface area contributed by atoms with Gasteiger partial charge in [-0.2, -0.15) is 0 Å². The number of sulfonamides is 1. The number of para-hydroxylation sites is 1. The zero-order valence-electron chi connectivity index (χ0n) is 15.3. The molecule has 26 heavy (non-hydrogen) atoms. The Morgan fingerprint density at radius 1 is 1.04 bits per heavy atom. The Bertz CT molecular complexity index is 847. The lowest BCUT2D eigenvalue weighted by Crippen LogP contribution is -2.28. The molecule has 6 nitrogen and oxygen atoms in total. The van der Waals surface area contributed by atoms with Gasteiger partial charge in [0.2, 0.25) is 0 Å². The summed E-state index contributed by atoms with van der Waals surface area (Å²) < 4.78 is 27.7. The van der Waals surface area contributed by atoms with Gasteiger partial charge in [0.1, 0.15) is 0 Å². The molecule has 0 fully saturated rings. The SMILES string of the molecule is Cc1ccc(S(=O)(=O)Nc2ccccc2C(=O)NCCCN(C)C)cc1. The van der Waals surface area contributed by atoms with E-state index in [9.17, 15) is 13.2 Å². The maximum Gasteiger partial charge on any atom is 0.261 e. The molecule has 2 N–H and O–H groups in total. The van der Waals surface area contributed by atoms with E-state index in [0.29, 0.717) is 12.1 Å². The number of carbonyl (C=O) groups is 1. The van der Waals surface area contributed by atoms with Crippen LogP contribution in [0.3, 0.4) is 0 Å². The van der Waals surface area contributed by atoms with Gasteiger partial charge in [0.05, 0.1) is 16.1 Å². The predicted molar refractivity (Wildman–Crippen MR) is 104 cm³/mol. The Balaban J connectivity index is 2.13. The molecular formula is C19H25N3O3S. The average Bonchev–Trinajstić information content (AvgIpc) is 2.59. The molecule has 0 aliphatic carbocycles. The van der Waals surface area contributed by atoms with Crippen LogP contribution >= 0.6 is 0 Å². The van der Waals surface area contributed by atoms with Crippen molar-refractivity contribution in [1.29, 1.82) is 0 Å². The molecule has 0 unspecified atom stereocenters. The lowest BCUT2D eigenvalue weighted by molar-refractivity contribution is 0.0953. The van der Waals surface area contributed by atoms with Crippen molar-refractivity contribution in [2.24, 2.45) is 0 Å². The highest BCUT2D eigenvalue weighted by atomic mass is 32.2. The fraction of sp³-hybridized carbons (Fsp3) is 0.316. The topological polar surface area (TPSA) is 78.5 Å². The summed E-state index contributed by atoms with van der Waals surface area (Å²) in [5.74, 6) is -0.300. The van der Waals surface area contributed by atoms with E-state index in [1.807, 2.05) is 25.9 Å². The van der Waals surface area contributed by atoms with Gasteiger partial charge >= 0.3 is 0 Å². The minimum Gasteiger partial charge on any atom is -0.352 e. The largest absolute Gasteiger partial charge is 0.352 e. The van der Waals surface area contributed by atoms with Gasteiger partial charge in [0.25, 0.3) is 15.9 Å². The van der Waals surface area contributed by atoms with Crippen LogP contribution in [-0.4, -0.2) is 46.4 Å². The predicted octanol–water partition coefficient (Wildman–Crippen LogP) is 2.48. The van der Waals surface area contributed by atoms with Crippen LogP contribution in [0.15, 0.2) is 53.4 Å². The van der Waals surface area contributed by atoms with Gasteiger partial charge < -0.3 is 10.2 Å². The number of rotatable bonds is 8. The van der Waals surface area contributed by atoms with Gasteiger partial charge in [-0.3, -0.25) is 9.52 Å². The molecular weight excluding hydrogens is 350 g/mol. The van der Waals surface area contributed by atoms with Crippen molar-refractivity contribution in [1.82, 2.24) is 10.2 Å². The highest BCUT2D eigenvalue weighted by Gasteiger charge is 2.18. The standard InChI is InChI=1S/C19H25N3O3S/c1-15-9-11-16(12-10-15)26(24,25)21-18-8-5-4-7-17(18)19(23)20-13-6-14-22(2)3/h4-5,7-12,21H,6,13-14H2,1-3H3,(H,20,23). The molecule has 1 amide bonds. The summed E-state index contributed by atoms with van der Waals surface area (Å²) in [7, 11) is 0.179. The minimum atomic E-state index is -3.76. The summed E-state index contributed by atoms with van der Waals surface area (Å²) in [6.45, 7) is 3.28. The second-order valence-electron chi connectivity index (χ2n) is 6.38. The molecule has 0 radical (unpaired) electrons. The second-order valence-corrected chi connectivity index (χ2v) is 8.06. The Hall–Kier alpha value is -2.38. The van der Waals surface area contributed by atoms with E-state index in [4.69, 9.17) is 0 Å². The maximum absolute atomic E-state index is 12.6. The number of nitrogens with zero attached hydrogens (tertiary/aromatic N) is 1. The van der Waals surface area contributed by atoms with Gasteiger partial charge in [0.15, 0.2) is 0 Å². The van der Waals surface area contributed by atoms with E-state index in [2.05, 4.69) is 10.0 Å². The molecule has 2 rings (SSSR count). The zero-order chi connectivity index (χ0) is 19.2. The smallest absolute Gasteiger partial charge is 0.261 e. The van der Waals surface area contributed by atoms with Crippen molar-refractivity contribution < 1.29 is 13.2 Å². The third-order valence-electron chi connectivity index (χ3n) is 3.81. The maximum atomic E-state index is 12.6. The number of amides is 1. The number of nitrogens with one attached hydrogen (secondary N) is 2.